The number of hydrogen-bond donors (Lipinski definition) is 2. The topological polar surface area (TPSA) is 99.1 Å². The van der Waals surface area contributed by atoms with E-state index in [9.17, 15) is 14.4 Å². The second-order valence-corrected chi connectivity index (χ2v) is 10.3. The van der Waals surface area contributed by atoms with Gasteiger partial charge in [0.15, 0.2) is 0 Å². The van der Waals surface area contributed by atoms with E-state index in [0.717, 1.165) is 53.6 Å². The number of nitrogens with zero attached hydrogens (tertiary/aromatic N) is 2. The van der Waals surface area contributed by atoms with Crippen LogP contribution in [0.5, 0.6) is 0 Å². The zero-order chi connectivity index (χ0) is 27.2. The van der Waals surface area contributed by atoms with Gasteiger partial charge in [0.25, 0.3) is 0 Å². The van der Waals surface area contributed by atoms with Crippen molar-refractivity contribution in [2.45, 2.75) is 57.5 Å². The fourth-order valence-corrected chi connectivity index (χ4v) is 5.56. The van der Waals surface area contributed by atoms with Crippen LogP contribution in [0, 0.1) is 5.92 Å². The van der Waals surface area contributed by atoms with E-state index in [0.29, 0.717) is 25.9 Å². The van der Waals surface area contributed by atoms with E-state index in [4.69, 9.17) is 5.11 Å². The SMILES string of the molecule is O=C(O)c1ccc(CNC(=O)C(c2ccc(CN3N=C(c4ccccc4)CCC3=O)cc2)C2CCCC2)cc1. The predicted molar refractivity (Wildman–Crippen MR) is 149 cm³/mol. The zero-order valence-corrected chi connectivity index (χ0v) is 21.9. The van der Waals surface area contributed by atoms with Crippen LogP contribution >= 0.6 is 0 Å². The first kappa shape index (κ1) is 26.4. The molecule has 1 aliphatic heterocycles. The van der Waals surface area contributed by atoms with E-state index < -0.39 is 5.97 Å². The van der Waals surface area contributed by atoms with Crippen LogP contribution in [-0.4, -0.2) is 33.6 Å². The number of nitrogens with one attached hydrogen (secondary N) is 1. The van der Waals surface area contributed by atoms with E-state index in [2.05, 4.69) is 10.4 Å². The smallest absolute Gasteiger partial charge is 0.335 e. The highest BCUT2D eigenvalue weighted by molar-refractivity contribution is 6.04. The van der Waals surface area contributed by atoms with Gasteiger partial charge in [-0.25, -0.2) is 9.80 Å². The second kappa shape index (κ2) is 12.1. The predicted octanol–water partition coefficient (Wildman–Crippen LogP) is 5.50. The van der Waals surface area contributed by atoms with Crippen molar-refractivity contribution in [1.82, 2.24) is 10.3 Å². The van der Waals surface area contributed by atoms with Gasteiger partial charge in [0.05, 0.1) is 23.7 Å². The van der Waals surface area contributed by atoms with Gasteiger partial charge in [-0.05, 0) is 53.1 Å². The third kappa shape index (κ3) is 6.42. The van der Waals surface area contributed by atoms with Gasteiger partial charge in [-0.1, -0.05) is 79.6 Å². The van der Waals surface area contributed by atoms with Gasteiger partial charge in [-0.3, -0.25) is 9.59 Å². The summed E-state index contributed by atoms with van der Waals surface area (Å²) in [7, 11) is 0. The van der Waals surface area contributed by atoms with Crippen LogP contribution in [0.4, 0.5) is 0 Å². The Morgan fingerprint density at radius 3 is 2.23 bits per heavy atom. The molecule has 2 N–H and O–H groups in total. The highest BCUT2D eigenvalue weighted by Crippen LogP contribution is 2.38. The van der Waals surface area contributed by atoms with Crippen molar-refractivity contribution in [2.24, 2.45) is 11.0 Å². The fraction of sp³-hybridized carbons (Fsp3) is 0.312. The Hall–Kier alpha value is -4.26. The number of amides is 2. The summed E-state index contributed by atoms with van der Waals surface area (Å²) in [6.07, 6.45) is 5.37. The number of rotatable bonds is 9. The summed E-state index contributed by atoms with van der Waals surface area (Å²) >= 11 is 0. The third-order valence-corrected chi connectivity index (χ3v) is 7.70. The van der Waals surface area contributed by atoms with Crippen LogP contribution < -0.4 is 5.32 Å². The molecule has 1 atom stereocenters. The van der Waals surface area contributed by atoms with Crippen molar-refractivity contribution in [3.8, 4) is 0 Å². The monoisotopic (exact) mass is 523 g/mol. The number of hydrogen-bond acceptors (Lipinski definition) is 4. The van der Waals surface area contributed by atoms with Crippen molar-refractivity contribution < 1.29 is 19.5 Å². The van der Waals surface area contributed by atoms with E-state index in [-0.39, 0.29) is 29.2 Å². The maximum Gasteiger partial charge on any atom is 0.335 e. The fourth-order valence-electron chi connectivity index (χ4n) is 5.56. The molecule has 1 fully saturated rings. The van der Waals surface area contributed by atoms with Crippen molar-refractivity contribution in [2.75, 3.05) is 0 Å². The molecule has 0 bridgehead atoms. The molecule has 7 nitrogen and oxygen atoms in total. The third-order valence-electron chi connectivity index (χ3n) is 7.70. The molecule has 2 amide bonds. The molecule has 0 radical (unpaired) electrons. The zero-order valence-electron chi connectivity index (χ0n) is 21.9. The van der Waals surface area contributed by atoms with Crippen LogP contribution in [0.2, 0.25) is 0 Å². The number of carboxylic acid groups (broad SMARTS) is 1. The molecule has 200 valence electrons. The maximum absolute atomic E-state index is 13.4. The normalized spacial score (nSPS) is 16.6. The number of aromatic carboxylic acids is 1. The van der Waals surface area contributed by atoms with Gasteiger partial charge < -0.3 is 10.4 Å². The Balaban J connectivity index is 1.28. The van der Waals surface area contributed by atoms with Crippen LogP contribution in [0.15, 0.2) is 84.0 Å². The average Bonchev–Trinajstić information content (AvgIpc) is 3.49. The second-order valence-electron chi connectivity index (χ2n) is 10.3. The molecule has 1 aliphatic carbocycles. The highest BCUT2D eigenvalue weighted by Gasteiger charge is 2.32. The first-order valence-corrected chi connectivity index (χ1v) is 13.6. The van der Waals surface area contributed by atoms with E-state index in [1.807, 2.05) is 54.6 Å². The summed E-state index contributed by atoms with van der Waals surface area (Å²) in [6, 6.07) is 24.5. The highest BCUT2D eigenvalue weighted by atomic mass is 16.4. The van der Waals surface area contributed by atoms with Crippen LogP contribution in [0.3, 0.4) is 0 Å². The lowest BCUT2D eigenvalue weighted by atomic mass is 9.83. The summed E-state index contributed by atoms with van der Waals surface area (Å²) in [6.45, 7) is 0.737. The molecule has 3 aromatic carbocycles. The van der Waals surface area contributed by atoms with E-state index in [1.54, 1.807) is 29.3 Å². The van der Waals surface area contributed by atoms with Crippen molar-refractivity contribution in [3.63, 3.8) is 0 Å². The van der Waals surface area contributed by atoms with Crippen molar-refractivity contribution >= 4 is 23.5 Å². The summed E-state index contributed by atoms with van der Waals surface area (Å²) in [5.41, 5.74) is 4.98. The molecule has 39 heavy (non-hydrogen) atoms. The van der Waals surface area contributed by atoms with E-state index in [1.165, 1.54) is 0 Å². The lowest BCUT2D eigenvalue weighted by molar-refractivity contribution is -0.132. The van der Waals surface area contributed by atoms with Crippen molar-refractivity contribution in [3.05, 3.63) is 107 Å². The average molecular weight is 524 g/mol. The Kier molecular flexibility index (Phi) is 8.16. The molecular formula is C32H33N3O4. The number of hydrazone groups is 1. The number of benzene rings is 3. The van der Waals surface area contributed by atoms with Crippen molar-refractivity contribution in [1.29, 1.82) is 0 Å². The molecule has 1 saturated carbocycles. The van der Waals surface area contributed by atoms with Gasteiger partial charge in [0, 0.05) is 19.4 Å². The summed E-state index contributed by atoms with van der Waals surface area (Å²) in [4.78, 5) is 37.1. The standard InChI is InChI=1S/C32H33N3O4/c36-29-19-18-28(24-6-2-1-3-7-24)34-35(29)21-23-12-14-26(15-13-23)30(25-8-4-5-9-25)31(37)33-20-22-10-16-27(17-11-22)32(38)39/h1-3,6-7,10-17,25,30H,4-5,8-9,18-21H2,(H,33,37)(H,38,39). The molecular weight excluding hydrogens is 490 g/mol. The lowest BCUT2D eigenvalue weighted by Gasteiger charge is -2.25. The van der Waals surface area contributed by atoms with Crippen LogP contribution in [0.1, 0.15) is 77.1 Å². The number of carbonyl (C=O) groups excluding carboxylic acids is 2. The Labute approximate surface area is 228 Å². The van der Waals surface area contributed by atoms with Gasteiger partial charge in [-0.15, -0.1) is 0 Å². The van der Waals surface area contributed by atoms with Gasteiger partial charge in [0.1, 0.15) is 0 Å². The van der Waals surface area contributed by atoms with Crippen LogP contribution in [-0.2, 0) is 22.7 Å². The Morgan fingerprint density at radius 2 is 1.56 bits per heavy atom. The number of carbonyl (C=O) groups is 3. The lowest BCUT2D eigenvalue weighted by Crippen LogP contribution is -2.33. The van der Waals surface area contributed by atoms with Gasteiger partial charge >= 0.3 is 5.97 Å². The minimum absolute atomic E-state index is 0.0124. The number of carboxylic acids is 1. The quantitative estimate of drug-likeness (QED) is 0.387. The molecule has 3 aromatic rings. The molecule has 1 heterocycles. The van der Waals surface area contributed by atoms with E-state index >= 15 is 0 Å². The molecule has 0 spiro atoms. The maximum atomic E-state index is 13.4. The first-order valence-electron chi connectivity index (χ1n) is 13.6. The minimum atomic E-state index is -0.969. The van der Waals surface area contributed by atoms with Gasteiger partial charge in [-0.2, -0.15) is 5.10 Å². The van der Waals surface area contributed by atoms with Crippen LogP contribution in [0.25, 0.3) is 0 Å². The summed E-state index contributed by atoms with van der Waals surface area (Å²) in [5.74, 6) is -0.937. The summed E-state index contributed by atoms with van der Waals surface area (Å²) < 4.78 is 0. The largest absolute Gasteiger partial charge is 0.478 e. The molecule has 2 aliphatic rings. The first-order chi connectivity index (χ1) is 19.0. The Bertz CT molecular complexity index is 1340. The molecule has 0 aromatic heterocycles. The molecule has 0 saturated heterocycles. The summed E-state index contributed by atoms with van der Waals surface area (Å²) in [5, 5.41) is 18.4. The molecule has 7 heteroatoms. The van der Waals surface area contributed by atoms with Gasteiger partial charge in [0.2, 0.25) is 11.8 Å². The minimum Gasteiger partial charge on any atom is -0.478 e. The molecule has 1 unspecified atom stereocenters. The Morgan fingerprint density at radius 1 is 0.897 bits per heavy atom. The molecule has 5 rings (SSSR count).